The summed E-state index contributed by atoms with van der Waals surface area (Å²) in [5.74, 6) is 2.71. The van der Waals surface area contributed by atoms with Crippen LogP contribution in [-0.4, -0.2) is 24.9 Å². The van der Waals surface area contributed by atoms with Crippen molar-refractivity contribution in [3.63, 3.8) is 0 Å². The van der Waals surface area contributed by atoms with Gasteiger partial charge in [0.25, 0.3) is 0 Å². The first kappa shape index (κ1) is 28.7. The molecule has 0 saturated heterocycles. The summed E-state index contributed by atoms with van der Waals surface area (Å²) < 4.78 is 8.92. The average Bonchev–Trinajstić information content (AvgIpc) is 3.76. The largest absolute Gasteiger partial charge is 0.456 e. The van der Waals surface area contributed by atoms with Gasteiger partial charge in [-0.15, -0.1) is 11.3 Å². The number of hydrogen-bond donors (Lipinski definition) is 0. The van der Waals surface area contributed by atoms with Crippen molar-refractivity contribution in [2.75, 3.05) is 0 Å². The highest BCUT2D eigenvalue weighted by atomic mass is 32.1. The zero-order valence-electron chi connectivity index (χ0n) is 26.7. The molecule has 50 heavy (non-hydrogen) atoms. The normalized spacial score (nSPS) is 14.4. The fourth-order valence-electron chi connectivity index (χ4n) is 6.86. The van der Waals surface area contributed by atoms with E-state index in [1.165, 1.54) is 4.70 Å². The summed E-state index contributed by atoms with van der Waals surface area (Å²) in [7, 11) is 0. The molecule has 4 heterocycles. The monoisotopic (exact) mass is 661 g/mol. The molecule has 6 nitrogen and oxygen atoms in total. The Balaban J connectivity index is 1.15. The second-order valence-electron chi connectivity index (χ2n) is 12.4. The summed E-state index contributed by atoms with van der Waals surface area (Å²) >= 11 is 1.77. The van der Waals surface area contributed by atoms with E-state index in [1.54, 1.807) is 11.3 Å². The predicted octanol–water partition coefficient (Wildman–Crippen LogP) is 11.2. The van der Waals surface area contributed by atoms with Crippen LogP contribution in [0.5, 0.6) is 0 Å². The molecule has 0 N–H and O–H groups in total. The number of rotatable bonds is 5. The summed E-state index contributed by atoms with van der Waals surface area (Å²) in [5.41, 5.74) is 7.23. The Kier molecular flexibility index (Phi) is 6.70. The van der Waals surface area contributed by atoms with Crippen molar-refractivity contribution in [1.29, 1.82) is 0 Å². The number of hydrogen-bond acceptors (Lipinski definition) is 7. The number of furan rings is 1. The zero-order valence-corrected chi connectivity index (χ0v) is 27.5. The summed E-state index contributed by atoms with van der Waals surface area (Å²) in [5, 5.41) is 3.09. The van der Waals surface area contributed by atoms with Crippen LogP contribution < -0.4 is 0 Å². The number of nitrogens with zero attached hydrogens (tertiary/aromatic N) is 5. The van der Waals surface area contributed by atoms with Gasteiger partial charge in [-0.2, -0.15) is 0 Å². The molecular weight excluding hydrogens is 635 g/mol. The van der Waals surface area contributed by atoms with E-state index in [4.69, 9.17) is 29.3 Å². The molecule has 0 saturated carbocycles. The van der Waals surface area contributed by atoms with Gasteiger partial charge in [0.15, 0.2) is 23.3 Å². The lowest BCUT2D eigenvalue weighted by atomic mass is 9.96. The smallest absolute Gasteiger partial charge is 0.164 e. The maximum atomic E-state index is 6.55. The Morgan fingerprint density at radius 1 is 0.560 bits per heavy atom. The van der Waals surface area contributed by atoms with Crippen molar-refractivity contribution < 1.29 is 4.42 Å². The van der Waals surface area contributed by atoms with Gasteiger partial charge < -0.3 is 4.42 Å². The summed E-state index contributed by atoms with van der Waals surface area (Å²) in [6.45, 7) is 0. The van der Waals surface area contributed by atoms with E-state index in [1.807, 2.05) is 72.8 Å². The Labute approximate surface area is 291 Å². The molecule has 0 spiro atoms. The van der Waals surface area contributed by atoms with Crippen LogP contribution in [0.4, 0.5) is 0 Å². The molecule has 0 fully saturated rings. The third-order valence-electron chi connectivity index (χ3n) is 9.27. The summed E-state index contributed by atoms with van der Waals surface area (Å²) in [4.78, 5) is 25.3. The van der Waals surface area contributed by atoms with E-state index in [9.17, 15) is 0 Å². The molecule has 9 aromatic rings. The van der Waals surface area contributed by atoms with Crippen molar-refractivity contribution in [1.82, 2.24) is 24.9 Å². The van der Waals surface area contributed by atoms with Crippen molar-refractivity contribution in [3.8, 4) is 45.6 Å². The van der Waals surface area contributed by atoms with Crippen LogP contribution in [-0.2, 0) is 0 Å². The van der Waals surface area contributed by atoms with Crippen LogP contribution in [0.1, 0.15) is 18.0 Å². The van der Waals surface area contributed by atoms with Crippen LogP contribution in [0.2, 0.25) is 0 Å². The molecule has 0 aliphatic heterocycles. The minimum absolute atomic E-state index is 0.191. The minimum atomic E-state index is 0.191. The van der Waals surface area contributed by atoms with E-state index in [2.05, 4.69) is 72.8 Å². The number of fused-ring (bicyclic) bond motifs is 6. The zero-order chi connectivity index (χ0) is 33.0. The maximum Gasteiger partial charge on any atom is 0.164 e. The Morgan fingerprint density at radius 3 is 2.04 bits per heavy atom. The van der Waals surface area contributed by atoms with Gasteiger partial charge in [0.1, 0.15) is 11.2 Å². The molecular formula is C43H27N5OS. The fraction of sp³-hybridized carbons (Fsp3) is 0.0465. The van der Waals surface area contributed by atoms with Crippen molar-refractivity contribution in [3.05, 3.63) is 151 Å². The molecule has 0 radical (unpaired) electrons. The SMILES string of the molecule is C1=CCC(c2nc(-c3ccc4c(c3)oc3cccc(-c5nc(-c6ccccc6)nc(-c6ccccc6)n5)c34)nc3c2sc2ccccc23)C=C1. The maximum absolute atomic E-state index is 6.55. The molecule has 7 heteroatoms. The van der Waals surface area contributed by atoms with Gasteiger partial charge in [0.05, 0.1) is 15.9 Å². The van der Waals surface area contributed by atoms with Crippen LogP contribution in [0.25, 0.3) is 87.8 Å². The van der Waals surface area contributed by atoms with Crippen LogP contribution in [0.15, 0.2) is 150 Å². The lowest BCUT2D eigenvalue weighted by Gasteiger charge is -2.14. The van der Waals surface area contributed by atoms with E-state index < -0.39 is 0 Å². The standard InChI is InChI=1S/C43H27N5OS/c1-4-13-26(14-5-1)37-39-38(31-19-10-11-22-35(31)50-39)45-42(44-37)29-23-24-30-34(25-29)49-33-21-12-20-32(36(30)33)43-47-40(27-15-6-2-7-16-27)46-41(48-43)28-17-8-3-9-18-28/h1-13,15-26H,14H2. The second kappa shape index (κ2) is 11.7. The van der Waals surface area contributed by atoms with Gasteiger partial charge in [0, 0.05) is 49.0 Å². The topological polar surface area (TPSA) is 77.6 Å². The summed E-state index contributed by atoms with van der Waals surface area (Å²) in [6.07, 6.45) is 9.59. The van der Waals surface area contributed by atoms with E-state index >= 15 is 0 Å². The van der Waals surface area contributed by atoms with Crippen molar-refractivity contribution in [2.45, 2.75) is 12.3 Å². The number of allylic oxidation sites excluding steroid dienone is 4. The van der Waals surface area contributed by atoms with Gasteiger partial charge in [-0.05, 0) is 30.7 Å². The summed E-state index contributed by atoms with van der Waals surface area (Å²) in [6, 6.07) is 40.9. The van der Waals surface area contributed by atoms with Gasteiger partial charge in [-0.1, -0.05) is 121 Å². The molecule has 0 bridgehead atoms. The first-order valence-electron chi connectivity index (χ1n) is 16.6. The van der Waals surface area contributed by atoms with Gasteiger partial charge in [-0.25, -0.2) is 24.9 Å². The van der Waals surface area contributed by atoms with Crippen LogP contribution in [0.3, 0.4) is 0 Å². The van der Waals surface area contributed by atoms with Gasteiger partial charge in [0.2, 0.25) is 0 Å². The fourth-order valence-corrected chi connectivity index (χ4v) is 8.05. The first-order valence-corrected chi connectivity index (χ1v) is 17.4. The van der Waals surface area contributed by atoms with E-state index in [-0.39, 0.29) is 5.92 Å². The first-order chi connectivity index (χ1) is 24.8. The molecule has 1 unspecified atom stereocenters. The molecule has 1 aliphatic rings. The van der Waals surface area contributed by atoms with Crippen molar-refractivity contribution >= 4 is 53.6 Å². The average molecular weight is 662 g/mol. The number of thiophene rings is 1. The Bertz CT molecular complexity index is 2740. The number of aromatic nitrogens is 5. The van der Waals surface area contributed by atoms with Crippen molar-refractivity contribution in [2.24, 2.45) is 0 Å². The molecule has 5 aromatic carbocycles. The Morgan fingerprint density at radius 2 is 1.28 bits per heavy atom. The molecule has 4 aromatic heterocycles. The van der Waals surface area contributed by atoms with Gasteiger partial charge in [-0.3, -0.25) is 0 Å². The number of benzene rings is 5. The lowest BCUT2D eigenvalue weighted by molar-refractivity contribution is 0.669. The molecule has 10 rings (SSSR count). The van der Waals surface area contributed by atoms with E-state index in [0.717, 1.165) is 71.9 Å². The second-order valence-corrected chi connectivity index (χ2v) is 13.4. The molecule has 236 valence electrons. The highest BCUT2D eigenvalue weighted by molar-refractivity contribution is 7.25. The molecule has 1 aliphatic carbocycles. The van der Waals surface area contributed by atoms with Crippen LogP contribution in [0, 0.1) is 0 Å². The predicted molar refractivity (Wildman–Crippen MR) is 203 cm³/mol. The Hall–Kier alpha value is -6.31. The van der Waals surface area contributed by atoms with Gasteiger partial charge >= 0.3 is 0 Å². The van der Waals surface area contributed by atoms with Crippen LogP contribution >= 0.6 is 11.3 Å². The molecule has 0 amide bonds. The van der Waals surface area contributed by atoms with E-state index in [0.29, 0.717) is 23.3 Å². The highest BCUT2D eigenvalue weighted by Gasteiger charge is 2.22. The highest BCUT2D eigenvalue weighted by Crippen LogP contribution is 2.41. The third kappa shape index (κ3) is 4.82. The third-order valence-corrected chi connectivity index (χ3v) is 10.5. The quantitative estimate of drug-likeness (QED) is 0.183. The minimum Gasteiger partial charge on any atom is -0.456 e. The lowest BCUT2D eigenvalue weighted by Crippen LogP contribution is -2.03. The molecule has 1 atom stereocenters.